The SMILES string of the molecule is COC(=O)[C@H](CC(C)C)NC(=O)CC1NC(=O)c2ccccc21. The van der Waals surface area contributed by atoms with Crippen molar-refractivity contribution in [2.45, 2.75) is 38.8 Å². The predicted molar refractivity (Wildman–Crippen MR) is 84.7 cm³/mol. The predicted octanol–water partition coefficient (Wildman–Crippen LogP) is 1.57. The fourth-order valence-electron chi connectivity index (χ4n) is 2.75. The van der Waals surface area contributed by atoms with Crippen LogP contribution in [0.5, 0.6) is 0 Å². The van der Waals surface area contributed by atoms with Crippen LogP contribution in [0, 0.1) is 5.92 Å². The number of benzene rings is 1. The zero-order chi connectivity index (χ0) is 17.0. The molecule has 0 bridgehead atoms. The molecule has 1 aromatic rings. The zero-order valence-corrected chi connectivity index (χ0v) is 13.6. The maximum absolute atomic E-state index is 12.3. The first-order chi connectivity index (χ1) is 10.9. The molecule has 1 aliphatic rings. The fraction of sp³-hybridized carbons (Fsp3) is 0.471. The van der Waals surface area contributed by atoms with Gasteiger partial charge in [-0.05, 0) is 24.0 Å². The summed E-state index contributed by atoms with van der Waals surface area (Å²) in [4.78, 5) is 35.9. The first-order valence-electron chi connectivity index (χ1n) is 7.69. The molecule has 2 amide bonds. The van der Waals surface area contributed by atoms with E-state index in [9.17, 15) is 14.4 Å². The van der Waals surface area contributed by atoms with E-state index in [0.29, 0.717) is 12.0 Å². The third-order valence-electron chi connectivity index (χ3n) is 3.80. The van der Waals surface area contributed by atoms with Gasteiger partial charge < -0.3 is 15.4 Å². The lowest BCUT2D eigenvalue weighted by Gasteiger charge is -2.19. The maximum atomic E-state index is 12.3. The standard InChI is InChI=1S/C17H22N2O4/c1-10(2)8-14(17(22)23-3)18-15(20)9-13-11-6-4-5-7-12(11)16(21)19-13/h4-7,10,13-14H,8-9H2,1-3H3,(H,18,20)(H,19,21)/t13?,14-/m0/s1. The molecule has 0 saturated heterocycles. The van der Waals surface area contributed by atoms with Crippen LogP contribution in [-0.4, -0.2) is 30.9 Å². The lowest BCUT2D eigenvalue weighted by atomic mass is 10.0. The van der Waals surface area contributed by atoms with Crippen molar-refractivity contribution in [3.63, 3.8) is 0 Å². The molecule has 1 aliphatic heterocycles. The molecule has 6 nitrogen and oxygen atoms in total. The molecular formula is C17H22N2O4. The second kappa shape index (κ2) is 7.26. The molecule has 2 atom stereocenters. The highest BCUT2D eigenvalue weighted by Crippen LogP contribution is 2.27. The van der Waals surface area contributed by atoms with Gasteiger partial charge in [0.1, 0.15) is 6.04 Å². The fourth-order valence-corrected chi connectivity index (χ4v) is 2.75. The Morgan fingerprint density at radius 1 is 1.30 bits per heavy atom. The van der Waals surface area contributed by atoms with Crippen molar-refractivity contribution < 1.29 is 19.1 Å². The van der Waals surface area contributed by atoms with Gasteiger partial charge in [-0.2, -0.15) is 0 Å². The number of hydrogen-bond donors (Lipinski definition) is 2. The Hall–Kier alpha value is -2.37. The van der Waals surface area contributed by atoms with Crippen molar-refractivity contribution in [3.05, 3.63) is 35.4 Å². The Bertz CT molecular complexity index is 612. The maximum Gasteiger partial charge on any atom is 0.328 e. The highest BCUT2D eigenvalue weighted by atomic mass is 16.5. The van der Waals surface area contributed by atoms with E-state index < -0.39 is 12.0 Å². The number of methoxy groups -OCH3 is 1. The number of carbonyl (C=O) groups is 3. The van der Waals surface area contributed by atoms with E-state index in [1.165, 1.54) is 7.11 Å². The summed E-state index contributed by atoms with van der Waals surface area (Å²) < 4.78 is 4.73. The van der Waals surface area contributed by atoms with Crippen LogP contribution in [0.15, 0.2) is 24.3 Å². The van der Waals surface area contributed by atoms with Crippen molar-refractivity contribution in [1.29, 1.82) is 0 Å². The van der Waals surface area contributed by atoms with Gasteiger partial charge in [0.25, 0.3) is 5.91 Å². The average Bonchev–Trinajstić information content (AvgIpc) is 2.82. The smallest absolute Gasteiger partial charge is 0.328 e. The van der Waals surface area contributed by atoms with Crippen molar-refractivity contribution in [1.82, 2.24) is 10.6 Å². The molecule has 0 spiro atoms. The van der Waals surface area contributed by atoms with E-state index in [2.05, 4.69) is 10.6 Å². The molecule has 2 rings (SSSR count). The van der Waals surface area contributed by atoms with Crippen LogP contribution in [0.4, 0.5) is 0 Å². The summed E-state index contributed by atoms with van der Waals surface area (Å²) in [6.07, 6.45) is 0.598. The Labute approximate surface area is 135 Å². The van der Waals surface area contributed by atoms with E-state index in [1.54, 1.807) is 12.1 Å². The number of esters is 1. The molecule has 23 heavy (non-hydrogen) atoms. The Balaban J connectivity index is 2.02. The van der Waals surface area contributed by atoms with E-state index in [0.717, 1.165) is 5.56 Å². The highest BCUT2D eigenvalue weighted by molar-refractivity contribution is 5.99. The van der Waals surface area contributed by atoms with Crippen molar-refractivity contribution >= 4 is 17.8 Å². The minimum atomic E-state index is -0.667. The van der Waals surface area contributed by atoms with Gasteiger partial charge in [-0.25, -0.2) is 4.79 Å². The first kappa shape index (κ1) is 17.0. The number of ether oxygens (including phenoxy) is 1. The van der Waals surface area contributed by atoms with Crippen molar-refractivity contribution in [2.24, 2.45) is 5.92 Å². The number of nitrogens with one attached hydrogen (secondary N) is 2. The van der Waals surface area contributed by atoms with Gasteiger partial charge in [-0.3, -0.25) is 9.59 Å². The quantitative estimate of drug-likeness (QED) is 0.780. The van der Waals surface area contributed by atoms with Crippen molar-refractivity contribution in [3.8, 4) is 0 Å². The minimum Gasteiger partial charge on any atom is -0.467 e. The second-order valence-corrected chi connectivity index (χ2v) is 6.09. The van der Waals surface area contributed by atoms with Crippen LogP contribution in [0.1, 0.15) is 48.7 Å². The molecule has 0 fully saturated rings. The molecule has 1 heterocycles. The molecule has 6 heteroatoms. The molecular weight excluding hydrogens is 296 g/mol. The summed E-state index contributed by atoms with van der Waals surface area (Å²) in [6.45, 7) is 3.94. The summed E-state index contributed by atoms with van der Waals surface area (Å²) in [5, 5.41) is 5.50. The molecule has 0 aliphatic carbocycles. The normalized spacial score (nSPS) is 17.4. The number of fused-ring (bicyclic) bond motifs is 1. The first-order valence-corrected chi connectivity index (χ1v) is 7.69. The van der Waals surface area contributed by atoms with Gasteiger partial charge in [0.15, 0.2) is 0 Å². The van der Waals surface area contributed by atoms with Crippen LogP contribution < -0.4 is 10.6 Å². The van der Waals surface area contributed by atoms with E-state index >= 15 is 0 Å². The topological polar surface area (TPSA) is 84.5 Å². The summed E-state index contributed by atoms with van der Waals surface area (Å²) in [5.74, 6) is -0.678. The van der Waals surface area contributed by atoms with Crippen LogP contribution >= 0.6 is 0 Å². The van der Waals surface area contributed by atoms with Crippen LogP contribution in [0.25, 0.3) is 0 Å². The number of amides is 2. The van der Waals surface area contributed by atoms with Gasteiger partial charge in [-0.1, -0.05) is 32.0 Å². The molecule has 124 valence electrons. The molecule has 1 unspecified atom stereocenters. The summed E-state index contributed by atoms with van der Waals surface area (Å²) in [7, 11) is 1.30. The molecule has 0 aromatic heterocycles. The van der Waals surface area contributed by atoms with Crippen LogP contribution in [-0.2, 0) is 14.3 Å². The van der Waals surface area contributed by atoms with Crippen molar-refractivity contribution in [2.75, 3.05) is 7.11 Å². The number of rotatable bonds is 6. The summed E-state index contributed by atoms with van der Waals surface area (Å²) in [5.41, 5.74) is 1.41. The Morgan fingerprint density at radius 3 is 2.65 bits per heavy atom. The Morgan fingerprint density at radius 2 is 2.00 bits per heavy atom. The monoisotopic (exact) mass is 318 g/mol. The molecule has 1 aromatic carbocycles. The summed E-state index contributed by atoms with van der Waals surface area (Å²) >= 11 is 0. The van der Waals surface area contributed by atoms with Gasteiger partial charge in [0.05, 0.1) is 19.6 Å². The Kier molecular flexibility index (Phi) is 5.36. The van der Waals surface area contributed by atoms with E-state index in [-0.39, 0.29) is 30.2 Å². The van der Waals surface area contributed by atoms with Gasteiger partial charge >= 0.3 is 5.97 Å². The summed E-state index contributed by atoms with van der Waals surface area (Å²) in [6, 6.07) is 6.16. The lowest BCUT2D eigenvalue weighted by Crippen LogP contribution is -2.43. The van der Waals surface area contributed by atoms with E-state index in [4.69, 9.17) is 4.74 Å². The zero-order valence-electron chi connectivity index (χ0n) is 13.6. The molecule has 0 radical (unpaired) electrons. The second-order valence-electron chi connectivity index (χ2n) is 6.09. The van der Waals surface area contributed by atoms with E-state index in [1.807, 2.05) is 26.0 Å². The number of carbonyl (C=O) groups excluding carboxylic acids is 3. The third kappa shape index (κ3) is 4.09. The van der Waals surface area contributed by atoms with Gasteiger partial charge in [-0.15, -0.1) is 0 Å². The van der Waals surface area contributed by atoms with Crippen LogP contribution in [0.2, 0.25) is 0 Å². The van der Waals surface area contributed by atoms with Gasteiger partial charge in [0.2, 0.25) is 5.91 Å². The highest BCUT2D eigenvalue weighted by Gasteiger charge is 2.31. The average molecular weight is 318 g/mol. The molecule has 0 saturated carbocycles. The minimum absolute atomic E-state index is 0.0916. The third-order valence-corrected chi connectivity index (χ3v) is 3.80. The van der Waals surface area contributed by atoms with Gasteiger partial charge in [0, 0.05) is 5.56 Å². The van der Waals surface area contributed by atoms with Crippen LogP contribution in [0.3, 0.4) is 0 Å². The number of hydrogen-bond acceptors (Lipinski definition) is 4. The lowest BCUT2D eigenvalue weighted by molar-refractivity contribution is -0.145. The largest absolute Gasteiger partial charge is 0.467 e. The molecule has 2 N–H and O–H groups in total.